The predicted octanol–water partition coefficient (Wildman–Crippen LogP) is 3.94. The molecule has 0 radical (unpaired) electrons. The van der Waals surface area contributed by atoms with E-state index in [1.54, 1.807) is 13.8 Å². The van der Waals surface area contributed by atoms with Gasteiger partial charge in [-0.05, 0) is 38.0 Å². The molecule has 8 atom stereocenters. The molecule has 11 heteroatoms. The summed E-state index contributed by atoms with van der Waals surface area (Å²) < 4.78 is 80.5. The maximum atomic E-state index is 13.4. The van der Waals surface area contributed by atoms with E-state index in [1.165, 1.54) is 0 Å². The van der Waals surface area contributed by atoms with Gasteiger partial charge in [0, 0.05) is 18.3 Å². The van der Waals surface area contributed by atoms with Crippen LogP contribution in [0.4, 0.5) is 22.0 Å². The van der Waals surface area contributed by atoms with Crippen molar-refractivity contribution < 1.29 is 50.7 Å². The van der Waals surface area contributed by atoms with Gasteiger partial charge in [-0.3, -0.25) is 0 Å². The van der Waals surface area contributed by atoms with E-state index in [9.17, 15) is 26.7 Å². The summed E-state index contributed by atoms with van der Waals surface area (Å²) >= 11 is 0. The van der Waals surface area contributed by atoms with Crippen molar-refractivity contribution in [3.63, 3.8) is 0 Å². The molecule has 1 aliphatic carbocycles. The fourth-order valence-electron chi connectivity index (χ4n) is 5.30. The Morgan fingerprint density at radius 2 is 1.72 bits per heavy atom. The number of rotatable bonds is 2. The second-order valence-corrected chi connectivity index (χ2v) is 8.75. The van der Waals surface area contributed by atoms with E-state index in [1.807, 2.05) is 0 Å². The minimum absolute atomic E-state index is 0.0220. The third-order valence-corrected chi connectivity index (χ3v) is 6.93. The summed E-state index contributed by atoms with van der Waals surface area (Å²) in [6.07, 6.45) is -6.21. The standard InChI is InChI=1S/C18H23F5O6/c1-8-4-5-11-9(2)12(25-13(24)17(19,20)18(21,22)23)26-14-16(11)10(8)6-7-15(3,27-14)28-29-16/h8-12,14H,4-7H2,1-3H3/t8-,9-,10+,11+,12+,14-,15-,16-/m1/s1. The highest BCUT2D eigenvalue weighted by Gasteiger charge is 2.71. The molecule has 0 unspecified atom stereocenters. The average Bonchev–Trinajstić information content (AvgIpc) is 2.84. The van der Waals surface area contributed by atoms with Crippen LogP contribution in [-0.2, 0) is 28.8 Å². The van der Waals surface area contributed by atoms with Gasteiger partial charge in [-0.25, -0.2) is 14.6 Å². The van der Waals surface area contributed by atoms with Crippen molar-refractivity contribution in [1.29, 1.82) is 0 Å². The molecule has 0 aromatic carbocycles. The Morgan fingerprint density at radius 1 is 1.03 bits per heavy atom. The molecule has 5 fully saturated rings. The summed E-state index contributed by atoms with van der Waals surface area (Å²) in [5.74, 6) is -10.3. The number of halogens is 5. The first-order valence-corrected chi connectivity index (χ1v) is 9.67. The van der Waals surface area contributed by atoms with Crippen molar-refractivity contribution in [3.8, 4) is 0 Å². The lowest BCUT2D eigenvalue weighted by Crippen LogP contribution is -2.70. The number of alkyl halides is 5. The van der Waals surface area contributed by atoms with E-state index < -0.39 is 48.0 Å². The van der Waals surface area contributed by atoms with E-state index in [0.29, 0.717) is 12.8 Å². The normalized spacial score (nSPS) is 47.3. The van der Waals surface area contributed by atoms with E-state index in [-0.39, 0.29) is 17.8 Å². The van der Waals surface area contributed by atoms with Crippen LogP contribution in [0.1, 0.15) is 46.5 Å². The third kappa shape index (κ3) is 2.99. The number of esters is 1. The van der Waals surface area contributed by atoms with Gasteiger partial charge in [-0.2, -0.15) is 22.0 Å². The SMILES string of the molecule is C[C@H]1[C@@H](OC(=O)C(F)(F)C(F)(F)F)O[C@@H]2O[C@@]3(C)CC[C@H]4[C@H](C)CC[C@@H]1[C@@]24OO3. The molecule has 1 spiro atoms. The highest BCUT2D eigenvalue weighted by atomic mass is 19.4. The lowest BCUT2D eigenvalue weighted by Gasteiger charge is -2.59. The monoisotopic (exact) mass is 430 g/mol. The molecule has 0 N–H and O–H groups in total. The van der Waals surface area contributed by atoms with Crippen LogP contribution in [0.15, 0.2) is 0 Å². The van der Waals surface area contributed by atoms with Crippen LogP contribution in [0, 0.1) is 23.7 Å². The topological polar surface area (TPSA) is 63.2 Å². The van der Waals surface area contributed by atoms with Crippen molar-refractivity contribution in [2.24, 2.45) is 23.7 Å². The zero-order chi connectivity index (χ0) is 21.4. The van der Waals surface area contributed by atoms with Crippen LogP contribution in [0.2, 0.25) is 0 Å². The number of carbonyl (C=O) groups is 1. The summed E-state index contributed by atoms with van der Waals surface area (Å²) in [7, 11) is 0. The molecule has 4 aliphatic heterocycles. The van der Waals surface area contributed by atoms with Gasteiger partial charge >= 0.3 is 18.1 Å². The Balaban J connectivity index is 1.64. The fourth-order valence-corrected chi connectivity index (χ4v) is 5.30. The minimum atomic E-state index is -6.06. The Labute approximate surface area is 163 Å². The van der Waals surface area contributed by atoms with E-state index in [0.717, 1.165) is 12.8 Å². The molecule has 29 heavy (non-hydrogen) atoms. The zero-order valence-electron chi connectivity index (χ0n) is 16.1. The molecule has 0 aromatic heterocycles. The van der Waals surface area contributed by atoms with E-state index >= 15 is 0 Å². The van der Waals surface area contributed by atoms with Gasteiger partial charge in [0.2, 0.25) is 12.1 Å². The molecule has 6 nitrogen and oxygen atoms in total. The Hall–Kier alpha value is -1.04. The zero-order valence-corrected chi connectivity index (χ0v) is 16.1. The largest absolute Gasteiger partial charge is 0.465 e. The summed E-state index contributed by atoms with van der Waals surface area (Å²) in [5, 5.41) is 0. The van der Waals surface area contributed by atoms with Crippen LogP contribution in [-0.4, -0.2) is 42.0 Å². The molecule has 1 saturated carbocycles. The van der Waals surface area contributed by atoms with Crippen LogP contribution >= 0.6 is 0 Å². The van der Waals surface area contributed by atoms with E-state index in [4.69, 9.17) is 19.2 Å². The van der Waals surface area contributed by atoms with Crippen molar-refractivity contribution in [2.45, 2.75) is 82.5 Å². The molecule has 0 aromatic rings. The first kappa shape index (κ1) is 21.2. The number of ether oxygens (including phenoxy) is 3. The summed E-state index contributed by atoms with van der Waals surface area (Å²) in [6.45, 7) is 5.28. The summed E-state index contributed by atoms with van der Waals surface area (Å²) in [4.78, 5) is 23.0. The van der Waals surface area contributed by atoms with Gasteiger partial charge < -0.3 is 14.2 Å². The second-order valence-electron chi connectivity index (χ2n) is 8.75. The Morgan fingerprint density at radius 3 is 2.38 bits per heavy atom. The molecule has 4 saturated heterocycles. The predicted molar refractivity (Wildman–Crippen MR) is 83.9 cm³/mol. The van der Waals surface area contributed by atoms with Crippen molar-refractivity contribution in [2.75, 3.05) is 0 Å². The quantitative estimate of drug-likeness (QED) is 0.376. The number of fused-ring (bicyclic) bond motifs is 2. The molecular weight excluding hydrogens is 407 g/mol. The Bertz CT molecular complexity index is 686. The van der Waals surface area contributed by atoms with Gasteiger partial charge in [0.25, 0.3) is 0 Å². The van der Waals surface area contributed by atoms with Crippen LogP contribution in [0.25, 0.3) is 0 Å². The first-order chi connectivity index (χ1) is 13.3. The van der Waals surface area contributed by atoms with Crippen LogP contribution < -0.4 is 0 Å². The van der Waals surface area contributed by atoms with Crippen LogP contribution in [0.3, 0.4) is 0 Å². The maximum Gasteiger partial charge on any atom is 0.465 e. The van der Waals surface area contributed by atoms with Crippen LogP contribution in [0.5, 0.6) is 0 Å². The highest BCUT2D eigenvalue weighted by Crippen LogP contribution is 2.60. The van der Waals surface area contributed by atoms with Gasteiger partial charge in [-0.15, -0.1) is 0 Å². The average molecular weight is 430 g/mol. The van der Waals surface area contributed by atoms with Gasteiger partial charge in [0.05, 0.1) is 0 Å². The number of hydrogen-bond donors (Lipinski definition) is 0. The molecule has 5 rings (SSSR count). The van der Waals surface area contributed by atoms with Gasteiger partial charge in [-0.1, -0.05) is 13.8 Å². The highest BCUT2D eigenvalue weighted by molar-refractivity contribution is 5.78. The van der Waals surface area contributed by atoms with Gasteiger partial charge in [0.1, 0.15) is 0 Å². The molecular formula is C18H23F5O6. The molecule has 2 bridgehead atoms. The molecule has 166 valence electrons. The minimum Gasteiger partial charge on any atom is -0.431 e. The molecule has 4 heterocycles. The smallest absolute Gasteiger partial charge is 0.431 e. The number of hydrogen-bond acceptors (Lipinski definition) is 6. The second kappa shape index (κ2) is 6.48. The third-order valence-electron chi connectivity index (χ3n) is 6.93. The van der Waals surface area contributed by atoms with Crippen molar-refractivity contribution in [3.05, 3.63) is 0 Å². The van der Waals surface area contributed by atoms with Gasteiger partial charge in [0.15, 0.2) is 11.9 Å². The van der Waals surface area contributed by atoms with Crippen molar-refractivity contribution >= 4 is 5.97 Å². The lowest BCUT2D eigenvalue weighted by atomic mass is 9.58. The lowest BCUT2D eigenvalue weighted by molar-refractivity contribution is -0.576. The summed E-state index contributed by atoms with van der Waals surface area (Å²) in [6, 6.07) is 0. The van der Waals surface area contributed by atoms with E-state index in [2.05, 4.69) is 11.7 Å². The number of carbonyl (C=O) groups excluding carboxylic acids is 1. The Kier molecular flexibility index (Phi) is 4.74. The first-order valence-electron chi connectivity index (χ1n) is 9.67. The summed E-state index contributed by atoms with van der Waals surface area (Å²) in [5.41, 5.74) is -1.04. The van der Waals surface area contributed by atoms with Crippen molar-refractivity contribution in [1.82, 2.24) is 0 Å². The fraction of sp³-hybridized carbons (Fsp3) is 0.944. The molecule has 5 aliphatic rings. The maximum absolute atomic E-state index is 13.4. The molecule has 0 amide bonds.